The maximum atomic E-state index is 11.8. The SMILES string of the molecule is COc1ccccc1CNC(=O)C(=O)NCc1ccccc1Cl. The summed E-state index contributed by atoms with van der Waals surface area (Å²) in [5, 5.41) is 5.64. The van der Waals surface area contributed by atoms with Crippen molar-refractivity contribution in [3.63, 3.8) is 0 Å². The van der Waals surface area contributed by atoms with Gasteiger partial charge in [-0.1, -0.05) is 48.0 Å². The molecular formula is C17H17ClN2O3. The molecule has 0 fully saturated rings. The summed E-state index contributed by atoms with van der Waals surface area (Å²) in [6.45, 7) is 0.406. The van der Waals surface area contributed by atoms with Crippen LogP contribution in [0, 0.1) is 0 Å². The molecule has 5 nitrogen and oxygen atoms in total. The number of halogens is 1. The molecule has 0 spiro atoms. The molecule has 120 valence electrons. The molecular weight excluding hydrogens is 316 g/mol. The van der Waals surface area contributed by atoms with Gasteiger partial charge in [-0.2, -0.15) is 0 Å². The van der Waals surface area contributed by atoms with Gasteiger partial charge in [0.05, 0.1) is 7.11 Å². The number of methoxy groups -OCH3 is 1. The molecule has 2 N–H and O–H groups in total. The number of amides is 2. The minimum atomic E-state index is -0.709. The summed E-state index contributed by atoms with van der Waals surface area (Å²) < 4.78 is 5.19. The first-order valence-electron chi connectivity index (χ1n) is 7.03. The third-order valence-corrected chi connectivity index (χ3v) is 3.60. The zero-order valence-corrected chi connectivity index (χ0v) is 13.4. The Hall–Kier alpha value is -2.53. The molecule has 2 rings (SSSR count). The summed E-state index contributed by atoms with van der Waals surface area (Å²) >= 11 is 6.00. The van der Waals surface area contributed by atoms with Crippen LogP contribution in [0.1, 0.15) is 11.1 Å². The molecule has 0 unspecified atom stereocenters. The Kier molecular flexibility index (Phi) is 6.00. The van der Waals surface area contributed by atoms with Crippen LogP contribution < -0.4 is 15.4 Å². The number of carbonyl (C=O) groups excluding carboxylic acids is 2. The molecule has 0 aliphatic heterocycles. The third-order valence-electron chi connectivity index (χ3n) is 3.24. The average molecular weight is 333 g/mol. The van der Waals surface area contributed by atoms with Gasteiger partial charge in [0.25, 0.3) is 0 Å². The lowest BCUT2D eigenvalue weighted by Crippen LogP contribution is -2.39. The molecule has 0 saturated heterocycles. The predicted octanol–water partition coefficient (Wildman–Crippen LogP) is 2.28. The Labute approximate surface area is 139 Å². The Bertz CT molecular complexity index is 704. The molecule has 23 heavy (non-hydrogen) atoms. The van der Waals surface area contributed by atoms with Crippen LogP contribution in [0.25, 0.3) is 0 Å². The molecule has 2 amide bonds. The number of hydrogen-bond acceptors (Lipinski definition) is 3. The molecule has 0 atom stereocenters. The van der Waals surface area contributed by atoms with E-state index in [2.05, 4.69) is 10.6 Å². The van der Waals surface area contributed by atoms with Gasteiger partial charge in [-0.15, -0.1) is 0 Å². The highest BCUT2D eigenvalue weighted by molar-refractivity contribution is 6.35. The second-order valence-electron chi connectivity index (χ2n) is 4.77. The van der Waals surface area contributed by atoms with Crippen molar-refractivity contribution in [3.8, 4) is 5.75 Å². The first kappa shape index (κ1) is 16.8. The van der Waals surface area contributed by atoms with Gasteiger partial charge < -0.3 is 15.4 Å². The largest absolute Gasteiger partial charge is 0.496 e. The average Bonchev–Trinajstić information content (AvgIpc) is 2.58. The van der Waals surface area contributed by atoms with Gasteiger partial charge in [-0.3, -0.25) is 9.59 Å². The molecule has 6 heteroatoms. The van der Waals surface area contributed by atoms with E-state index in [-0.39, 0.29) is 13.1 Å². The van der Waals surface area contributed by atoms with Gasteiger partial charge >= 0.3 is 11.8 Å². The molecule has 0 heterocycles. The van der Waals surface area contributed by atoms with Crippen LogP contribution in [0.15, 0.2) is 48.5 Å². The number of ether oxygens (including phenoxy) is 1. The lowest BCUT2D eigenvalue weighted by Gasteiger charge is -2.10. The minimum Gasteiger partial charge on any atom is -0.496 e. The molecule has 2 aromatic carbocycles. The number of benzene rings is 2. The number of carbonyl (C=O) groups is 2. The monoisotopic (exact) mass is 332 g/mol. The minimum absolute atomic E-state index is 0.195. The van der Waals surface area contributed by atoms with E-state index in [0.29, 0.717) is 10.8 Å². The van der Waals surface area contributed by atoms with Crippen molar-refractivity contribution in [2.45, 2.75) is 13.1 Å². The standard InChI is InChI=1S/C17H17ClN2O3/c1-23-15-9-5-3-7-13(15)11-20-17(22)16(21)19-10-12-6-2-4-8-14(12)18/h2-9H,10-11H2,1H3,(H,19,21)(H,20,22). The maximum Gasteiger partial charge on any atom is 0.309 e. The summed E-state index contributed by atoms with van der Waals surface area (Å²) in [5.41, 5.74) is 1.54. The van der Waals surface area contributed by atoms with E-state index in [1.54, 1.807) is 31.4 Å². The number of nitrogens with one attached hydrogen (secondary N) is 2. The lowest BCUT2D eigenvalue weighted by molar-refractivity contribution is -0.139. The summed E-state index contributed by atoms with van der Waals surface area (Å²) in [7, 11) is 1.55. The topological polar surface area (TPSA) is 67.4 Å². The zero-order valence-electron chi connectivity index (χ0n) is 12.6. The van der Waals surface area contributed by atoms with E-state index in [9.17, 15) is 9.59 Å². The molecule has 0 aliphatic carbocycles. The van der Waals surface area contributed by atoms with Crippen LogP contribution in [-0.4, -0.2) is 18.9 Å². The zero-order chi connectivity index (χ0) is 16.7. The van der Waals surface area contributed by atoms with Crippen molar-refractivity contribution in [2.75, 3.05) is 7.11 Å². The molecule has 0 radical (unpaired) electrons. The quantitative estimate of drug-likeness (QED) is 0.825. The van der Waals surface area contributed by atoms with Crippen LogP contribution >= 0.6 is 11.6 Å². The second kappa shape index (κ2) is 8.19. The van der Waals surface area contributed by atoms with Crippen LogP contribution in [0.2, 0.25) is 5.02 Å². The summed E-state index contributed by atoms with van der Waals surface area (Å²) in [5.74, 6) is -0.757. The van der Waals surface area contributed by atoms with Crippen LogP contribution in [0.3, 0.4) is 0 Å². The fourth-order valence-corrected chi connectivity index (χ4v) is 2.20. The lowest BCUT2D eigenvalue weighted by atomic mass is 10.2. The molecule has 2 aromatic rings. The summed E-state index contributed by atoms with van der Waals surface area (Å²) in [6, 6.07) is 14.4. The smallest absolute Gasteiger partial charge is 0.309 e. The Morgan fingerprint density at radius 1 is 0.913 bits per heavy atom. The number of hydrogen-bond donors (Lipinski definition) is 2. The van der Waals surface area contributed by atoms with E-state index in [1.807, 2.05) is 24.3 Å². The highest BCUT2D eigenvalue weighted by Crippen LogP contribution is 2.16. The molecule has 0 saturated carbocycles. The van der Waals surface area contributed by atoms with Gasteiger partial charge in [-0.25, -0.2) is 0 Å². The second-order valence-corrected chi connectivity index (χ2v) is 5.18. The van der Waals surface area contributed by atoms with Crippen LogP contribution in [0.4, 0.5) is 0 Å². The highest BCUT2D eigenvalue weighted by atomic mass is 35.5. The summed E-state index contributed by atoms with van der Waals surface area (Å²) in [6.07, 6.45) is 0. The van der Waals surface area contributed by atoms with Crippen molar-refractivity contribution in [1.29, 1.82) is 0 Å². The third kappa shape index (κ3) is 4.72. The summed E-state index contributed by atoms with van der Waals surface area (Å²) in [4.78, 5) is 23.6. The molecule has 0 bridgehead atoms. The van der Waals surface area contributed by atoms with Crippen molar-refractivity contribution in [1.82, 2.24) is 10.6 Å². The van der Waals surface area contributed by atoms with Crippen LogP contribution in [0.5, 0.6) is 5.75 Å². The number of para-hydroxylation sites is 1. The van der Waals surface area contributed by atoms with Gasteiger partial charge in [0.2, 0.25) is 0 Å². The first-order chi connectivity index (χ1) is 11.1. The van der Waals surface area contributed by atoms with E-state index in [4.69, 9.17) is 16.3 Å². The number of rotatable bonds is 5. The van der Waals surface area contributed by atoms with E-state index in [1.165, 1.54) is 0 Å². The van der Waals surface area contributed by atoms with E-state index < -0.39 is 11.8 Å². The fraction of sp³-hybridized carbons (Fsp3) is 0.176. The van der Waals surface area contributed by atoms with Crippen molar-refractivity contribution >= 4 is 23.4 Å². The van der Waals surface area contributed by atoms with Gasteiger partial charge in [0.1, 0.15) is 5.75 Å². The Balaban J connectivity index is 1.86. The van der Waals surface area contributed by atoms with E-state index >= 15 is 0 Å². The van der Waals surface area contributed by atoms with Crippen LogP contribution in [-0.2, 0) is 22.7 Å². The molecule has 0 aromatic heterocycles. The Morgan fingerprint density at radius 2 is 1.43 bits per heavy atom. The van der Waals surface area contributed by atoms with Crippen molar-refractivity contribution in [2.24, 2.45) is 0 Å². The maximum absolute atomic E-state index is 11.8. The highest BCUT2D eigenvalue weighted by Gasteiger charge is 2.14. The first-order valence-corrected chi connectivity index (χ1v) is 7.41. The van der Waals surface area contributed by atoms with Crippen molar-refractivity contribution < 1.29 is 14.3 Å². The van der Waals surface area contributed by atoms with Gasteiger partial charge in [0.15, 0.2) is 0 Å². The molecule has 0 aliphatic rings. The normalized spacial score (nSPS) is 10.0. The van der Waals surface area contributed by atoms with Gasteiger partial charge in [-0.05, 0) is 17.7 Å². The van der Waals surface area contributed by atoms with Gasteiger partial charge in [0, 0.05) is 23.7 Å². The Morgan fingerprint density at radius 3 is 2.04 bits per heavy atom. The van der Waals surface area contributed by atoms with Crippen molar-refractivity contribution in [3.05, 3.63) is 64.7 Å². The fourth-order valence-electron chi connectivity index (χ4n) is 2.00. The predicted molar refractivity (Wildman–Crippen MR) is 88.1 cm³/mol. The van der Waals surface area contributed by atoms with E-state index in [0.717, 1.165) is 11.1 Å².